The van der Waals surface area contributed by atoms with Gasteiger partial charge in [0.1, 0.15) is 0 Å². The van der Waals surface area contributed by atoms with Crippen molar-refractivity contribution >= 4 is 37.0 Å². The van der Waals surface area contributed by atoms with Crippen LogP contribution in [-0.2, 0) is 9.53 Å². The van der Waals surface area contributed by atoms with Crippen molar-refractivity contribution < 1.29 is 9.53 Å². The Bertz CT molecular complexity index is 239. The van der Waals surface area contributed by atoms with Gasteiger partial charge in [-0.05, 0) is 0 Å². The van der Waals surface area contributed by atoms with E-state index in [1.165, 1.54) is 44.9 Å². The summed E-state index contributed by atoms with van der Waals surface area (Å²) in [7, 11) is 0. The molecule has 0 saturated heterocycles. The molecule has 4 heteroatoms. The summed E-state index contributed by atoms with van der Waals surface area (Å²) in [5.74, 6) is -0.0884. The predicted octanol–water partition coefficient (Wildman–Crippen LogP) is 4.85. The quantitative estimate of drug-likeness (QED) is 0.234. The van der Waals surface area contributed by atoms with E-state index in [2.05, 4.69) is 34.4 Å². The summed E-state index contributed by atoms with van der Waals surface area (Å²) in [6.07, 6.45) is 10.1. The third kappa shape index (κ3) is 11.0. The summed E-state index contributed by atoms with van der Waals surface area (Å²) in [5, 5.41) is 0. The summed E-state index contributed by atoms with van der Waals surface area (Å²) < 4.78 is 5.19. The van der Waals surface area contributed by atoms with Gasteiger partial charge in [0.05, 0.1) is 0 Å². The standard InChI is InChI=1S/C12H23O2S.3CH3.Sn/c1-2-3-4-5-6-7-8-9-10-14-12(13)11-15;;;;/h11,15H,2-10H2,1H3;3*1H3;. The number of ether oxygens (including phenoxy) is 1. The monoisotopic (exact) mass is 396 g/mol. The van der Waals surface area contributed by atoms with Gasteiger partial charge in [-0.3, -0.25) is 0 Å². The van der Waals surface area contributed by atoms with Crippen LogP contribution >= 0.6 is 12.6 Å². The minimum atomic E-state index is -2.24. The summed E-state index contributed by atoms with van der Waals surface area (Å²) in [6.45, 7) is 2.82. The third-order valence-corrected chi connectivity index (χ3v) is 14.0. The molecule has 19 heavy (non-hydrogen) atoms. The molecule has 0 bridgehead atoms. The second kappa shape index (κ2) is 11.3. The molecule has 0 aliphatic heterocycles. The Morgan fingerprint density at radius 2 is 1.47 bits per heavy atom. The fourth-order valence-corrected chi connectivity index (χ4v) is 4.17. The Morgan fingerprint density at radius 3 is 1.95 bits per heavy atom. The molecule has 0 aliphatic rings. The molecule has 0 aromatic rings. The van der Waals surface area contributed by atoms with E-state index in [1.807, 2.05) is 0 Å². The zero-order chi connectivity index (χ0) is 14.7. The van der Waals surface area contributed by atoms with Crippen molar-refractivity contribution in [3.8, 4) is 0 Å². The number of thiol groups is 1. The molecule has 1 unspecified atom stereocenters. The van der Waals surface area contributed by atoms with Crippen LogP contribution in [0.3, 0.4) is 0 Å². The van der Waals surface area contributed by atoms with Gasteiger partial charge in [0.15, 0.2) is 0 Å². The Balaban J connectivity index is 3.42. The van der Waals surface area contributed by atoms with E-state index in [-0.39, 0.29) is 9.24 Å². The average Bonchev–Trinajstić information content (AvgIpc) is 2.34. The predicted molar refractivity (Wildman–Crippen MR) is 89.7 cm³/mol. The number of hydrogen-bond donors (Lipinski definition) is 1. The summed E-state index contributed by atoms with van der Waals surface area (Å²) in [5.41, 5.74) is 0. The molecular weight excluding hydrogens is 363 g/mol. The van der Waals surface area contributed by atoms with E-state index in [0.717, 1.165) is 6.42 Å². The summed E-state index contributed by atoms with van der Waals surface area (Å²) in [6, 6.07) is 0. The Kier molecular flexibility index (Phi) is 11.7. The van der Waals surface area contributed by atoms with Crippen molar-refractivity contribution in [3.63, 3.8) is 0 Å². The SMILES string of the molecule is CCCCCCCCCCOC(=O)[CH](S)[Sn]([CH3])([CH3])[CH3]. The first-order valence-corrected chi connectivity index (χ1v) is 18.5. The molecule has 0 spiro atoms. The van der Waals surface area contributed by atoms with E-state index in [4.69, 9.17) is 4.74 Å². The molecule has 114 valence electrons. The topological polar surface area (TPSA) is 26.3 Å². The van der Waals surface area contributed by atoms with Crippen molar-refractivity contribution in [1.82, 2.24) is 0 Å². The number of rotatable bonds is 11. The second-order valence-electron chi connectivity index (χ2n) is 6.41. The summed E-state index contributed by atoms with van der Waals surface area (Å²) in [4.78, 5) is 18.4. The molecule has 0 aliphatic carbocycles. The Labute approximate surface area is 129 Å². The minimum absolute atomic E-state index is 0.0884. The van der Waals surface area contributed by atoms with Gasteiger partial charge in [-0.25, -0.2) is 0 Å². The zero-order valence-corrected chi connectivity index (χ0v) is 17.0. The number of esters is 1. The van der Waals surface area contributed by atoms with Gasteiger partial charge in [0.2, 0.25) is 0 Å². The Hall–Kier alpha value is 0.619. The molecule has 0 fully saturated rings. The van der Waals surface area contributed by atoms with Crippen molar-refractivity contribution in [2.24, 2.45) is 0 Å². The second-order valence-corrected chi connectivity index (χ2v) is 23.5. The van der Waals surface area contributed by atoms with Crippen LogP contribution in [0.5, 0.6) is 0 Å². The molecule has 0 aromatic carbocycles. The number of carbonyl (C=O) groups is 1. The van der Waals surface area contributed by atoms with E-state index in [1.54, 1.807) is 0 Å². The van der Waals surface area contributed by atoms with Crippen LogP contribution in [0, 0.1) is 0 Å². The van der Waals surface area contributed by atoms with Crippen LogP contribution < -0.4 is 0 Å². The maximum absolute atomic E-state index is 11.8. The van der Waals surface area contributed by atoms with E-state index in [0.29, 0.717) is 6.61 Å². The molecule has 0 heterocycles. The van der Waals surface area contributed by atoms with E-state index >= 15 is 0 Å². The van der Waals surface area contributed by atoms with Crippen LogP contribution in [0.4, 0.5) is 0 Å². The van der Waals surface area contributed by atoms with Crippen molar-refractivity contribution in [3.05, 3.63) is 0 Å². The average molecular weight is 395 g/mol. The normalized spacial score (nSPS) is 13.3. The van der Waals surface area contributed by atoms with E-state index < -0.39 is 18.4 Å². The van der Waals surface area contributed by atoms with Crippen LogP contribution in [0.1, 0.15) is 58.3 Å². The first kappa shape index (κ1) is 19.6. The molecule has 0 N–H and O–H groups in total. The first-order chi connectivity index (χ1) is 8.89. The molecule has 1 atom stereocenters. The molecule has 2 nitrogen and oxygen atoms in total. The van der Waals surface area contributed by atoms with Crippen LogP contribution in [-0.4, -0.2) is 34.2 Å². The number of unbranched alkanes of at least 4 members (excludes halogenated alkanes) is 7. The van der Waals surface area contributed by atoms with Gasteiger partial charge in [0.25, 0.3) is 0 Å². The fourth-order valence-electron chi connectivity index (χ4n) is 1.84. The Morgan fingerprint density at radius 1 is 1.00 bits per heavy atom. The van der Waals surface area contributed by atoms with Crippen LogP contribution in [0.15, 0.2) is 0 Å². The maximum atomic E-state index is 11.8. The van der Waals surface area contributed by atoms with Gasteiger partial charge in [-0.1, -0.05) is 6.92 Å². The molecule has 0 rings (SSSR count). The van der Waals surface area contributed by atoms with Gasteiger partial charge in [-0.2, -0.15) is 0 Å². The zero-order valence-electron chi connectivity index (χ0n) is 13.2. The van der Waals surface area contributed by atoms with Gasteiger partial charge < -0.3 is 0 Å². The van der Waals surface area contributed by atoms with E-state index in [9.17, 15) is 4.79 Å². The molecule has 0 aromatic heterocycles. The molecule has 0 amide bonds. The third-order valence-electron chi connectivity index (χ3n) is 3.29. The first-order valence-electron chi connectivity index (χ1n) is 7.74. The fraction of sp³-hybridized carbons (Fsp3) is 0.933. The van der Waals surface area contributed by atoms with Crippen molar-refractivity contribution in [1.29, 1.82) is 0 Å². The van der Waals surface area contributed by atoms with Gasteiger partial charge in [-0.15, -0.1) is 0 Å². The summed E-state index contributed by atoms with van der Waals surface area (Å²) >= 11 is 2.18. The van der Waals surface area contributed by atoms with Crippen molar-refractivity contribution in [2.75, 3.05) is 6.61 Å². The van der Waals surface area contributed by atoms with Gasteiger partial charge >= 0.3 is 123 Å². The molecule has 0 radical (unpaired) electrons. The number of hydrogen-bond acceptors (Lipinski definition) is 3. The number of carbonyl (C=O) groups excluding carboxylic acids is 1. The molecular formula is C15H32O2SSn. The van der Waals surface area contributed by atoms with Crippen LogP contribution in [0.25, 0.3) is 0 Å². The van der Waals surface area contributed by atoms with Crippen molar-refractivity contribution in [2.45, 2.75) is 76.4 Å². The van der Waals surface area contributed by atoms with Gasteiger partial charge in [0, 0.05) is 0 Å². The van der Waals surface area contributed by atoms with Crippen LogP contribution in [0.2, 0.25) is 14.8 Å². The molecule has 0 saturated carbocycles.